The first-order chi connectivity index (χ1) is 13.5. The van der Waals surface area contributed by atoms with Gasteiger partial charge in [-0.15, -0.1) is 0 Å². The number of H-pyrrole nitrogens is 1. The number of aryl methyl sites for hydroxylation is 3. The van der Waals surface area contributed by atoms with Gasteiger partial charge in [-0.2, -0.15) is 5.10 Å². The number of pyridine rings is 1. The third-order valence-corrected chi connectivity index (χ3v) is 6.36. The Kier molecular flexibility index (Phi) is 4.00. The van der Waals surface area contributed by atoms with Gasteiger partial charge in [0.2, 0.25) is 0 Å². The molecule has 1 aliphatic carbocycles. The number of benzene rings is 1. The van der Waals surface area contributed by atoms with Crippen LogP contribution >= 0.6 is 0 Å². The molecule has 0 spiro atoms. The highest BCUT2D eigenvalue weighted by Crippen LogP contribution is 2.41. The number of aromatic amines is 1. The summed E-state index contributed by atoms with van der Waals surface area (Å²) in [5.41, 5.74) is 8.81. The van der Waals surface area contributed by atoms with Gasteiger partial charge in [-0.25, -0.2) is 0 Å². The highest BCUT2D eigenvalue weighted by molar-refractivity contribution is 6.07. The van der Waals surface area contributed by atoms with Gasteiger partial charge in [-0.1, -0.05) is 12.1 Å². The standard InChI is InChI=1S/C23H26N4O/c1-13-4-7-17-19(12-14(2)24-21(17)15(13)3)23(28)27-10-8-18-20(9-11-27)25-26-22(18)16-5-6-16/h4,7,12,16H,5-6,8-11H2,1-3H3,(H,25,26). The van der Waals surface area contributed by atoms with Crippen molar-refractivity contribution in [3.05, 3.63) is 57.5 Å². The van der Waals surface area contributed by atoms with Gasteiger partial charge < -0.3 is 4.90 Å². The predicted molar refractivity (Wildman–Crippen MR) is 110 cm³/mol. The number of hydrogen-bond donors (Lipinski definition) is 1. The summed E-state index contributed by atoms with van der Waals surface area (Å²) in [5.74, 6) is 0.755. The molecule has 1 saturated carbocycles. The number of amides is 1. The summed E-state index contributed by atoms with van der Waals surface area (Å²) < 4.78 is 0. The van der Waals surface area contributed by atoms with Crippen molar-refractivity contribution < 1.29 is 4.79 Å². The Balaban J connectivity index is 1.48. The van der Waals surface area contributed by atoms with Crippen molar-refractivity contribution in [1.29, 1.82) is 0 Å². The third-order valence-electron chi connectivity index (χ3n) is 6.36. The average molecular weight is 374 g/mol. The van der Waals surface area contributed by atoms with E-state index in [9.17, 15) is 4.79 Å². The van der Waals surface area contributed by atoms with Crippen molar-refractivity contribution in [3.8, 4) is 0 Å². The Morgan fingerprint density at radius 1 is 1.14 bits per heavy atom. The summed E-state index contributed by atoms with van der Waals surface area (Å²) in [6, 6.07) is 6.08. The number of nitrogens with one attached hydrogen (secondary N) is 1. The normalized spacial score (nSPS) is 16.9. The van der Waals surface area contributed by atoms with E-state index in [1.807, 2.05) is 24.0 Å². The molecule has 28 heavy (non-hydrogen) atoms. The van der Waals surface area contributed by atoms with Gasteiger partial charge in [0.05, 0.1) is 16.8 Å². The van der Waals surface area contributed by atoms with Crippen LogP contribution in [0.25, 0.3) is 10.9 Å². The van der Waals surface area contributed by atoms with Gasteiger partial charge in [0.15, 0.2) is 0 Å². The van der Waals surface area contributed by atoms with E-state index in [1.165, 1.54) is 35.4 Å². The van der Waals surface area contributed by atoms with Gasteiger partial charge in [-0.3, -0.25) is 14.9 Å². The van der Waals surface area contributed by atoms with Crippen molar-refractivity contribution in [2.24, 2.45) is 0 Å². The van der Waals surface area contributed by atoms with Gasteiger partial charge in [0.1, 0.15) is 0 Å². The summed E-state index contributed by atoms with van der Waals surface area (Å²) in [6.07, 6.45) is 4.24. The highest BCUT2D eigenvalue weighted by Gasteiger charge is 2.32. The number of rotatable bonds is 2. The molecule has 0 saturated heterocycles. The molecule has 1 amide bonds. The average Bonchev–Trinajstić information content (AvgIpc) is 3.48. The molecule has 0 bridgehead atoms. The molecule has 3 aromatic rings. The number of carbonyl (C=O) groups excluding carboxylic acids is 1. The van der Waals surface area contributed by atoms with Crippen LogP contribution in [0.2, 0.25) is 0 Å². The molecule has 1 N–H and O–H groups in total. The quantitative estimate of drug-likeness (QED) is 0.737. The minimum Gasteiger partial charge on any atom is -0.338 e. The van der Waals surface area contributed by atoms with Crippen molar-refractivity contribution in [1.82, 2.24) is 20.1 Å². The fourth-order valence-corrected chi connectivity index (χ4v) is 4.41. The van der Waals surface area contributed by atoms with Crippen molar-refractivity contribution in [3.63, 3.8) is 0 Å². The lowest BCUT2D eigenvalue weighted by atomic mass is 10.00. The first-order valence-electron chi connectivity index (χ1n) is 10.3. The van der Waals surface area contributed by atoms with Crippen LogP contribution in [0, 0.1) is 20.8 Å². The van der Waals surface area contributed by atoms with E-state index >= 15 is 0 Å². The van der Waals surface area contributed by atoms with Crippen LogP contribution in [0.1, 0.15) is 62.9 Å². The zero-order chi connectivity index (χ0) is 19.4. The van der Waals surface area contributed by atoms with Crippen LogP contribution in [-0.2, 0) is 12.8 Å². The zero-order valence-electron chi connectivity index (χ0n) is 16.8. The number of carbonyl (C=O) groups is 1. The Bertz CT molecular complexity index is 1090. The van der Waals surface area contributed by atoms with E-state index in [1.54, 1.807) is 0 Å². The van der Waals surface area contributed by atoms with Gasteiger partial charge in [0, 0.05) is 42.2 Å². The second-order valence-electron chi connectivity index (χ2n) is 8.35. The van der Waals surface area contributed by atoms with E-state index in [-0.39, 0.29) is 5.91 Å². The van der Waals surface area contributed by atoms with Crippen LogP contribution in [-0.4, -0.2) is 39.1 Å². The predicted octanol–water partition coefficient (Wildman–Crippen LogP) is 4.00. The number of aromatic nitrogens is 3. The van der Waals surface area contributed by atoms with E-state index in [2.05, 4.69) is 30.1 Å². The first-order valence-corrected chi connectivity index (χ1v) is 10.3. The molecule has 0 radical (unpaired) electrons. The minimum atomic E-state index is 0.116. The molecule has 1 aromatic carbocycles. The summed E-state index contributed by atoms with van der Waals surface area (Å²) in [7, 11) is 0. The fourth-order valence-electron chi connectivity index (χ4n) is 4.41. The van der Waals surface area contributed by atoms with Crippen molar-refractivity contribution in [2.45, 2.75) is 52.4 Å². The molecule has 0 unspecified atom stereocenters. The smallest absolute Gasteiger partial charge is 0.254 e. The van der Waals surface area contributed by atoms with Crippen LogP contribution in [0.4, 0.5) is 0 Å². The Labute approximate surface area is 165 Å². The number of hydrogen-bond acceptors (Lipinski definition) is 3. The molecule has 5 rings (SSSR count). The van der Waals surface area contributed by atoms with E-state index in [0.29, 0.717) is 5.92 Å². The summed E-state index contributed by atoms with van der Waals surface area (Å²) >= 11 is 0. The van der Waals surface area contributed by atoms with Crippen molar-refractivity contribution >= 4 is 16.8 Å². The van der Waals surface area contributed by atoms with E-state index < -0.39 is 0 Å². The molecule has 3 heterocycles. The van der Waals surface area contributed by atoms with E-state index in [0.717, 1.165) is 53.7 Å². The van der Waals surface area contributed by atoms with Crippen LogP contribution < -0.4 is 0 Å². The maximum Gasteiger partial charge on any atom is 0.254 e. The summed E-state index contributed by atoms with van der Waals surface area (Å²) in [4.78, 5) is 20.2. The van der Waals surface area contributed by atoms with Crippen LogP contribution in [0.3, 0.4) is 0 Å². The van der Waals surface area contributed by atoms with Gasteiger partial charge in [0.25, 0.3) is 5.91 Å². The first kappa shape index (κ1) is 17.4. The molecule has 1 aliphatic heterocycles. The molecule has 2 aliphatic rings. The van der Waals surface area contributed by atoms with Gasteiger partial charge >= 0.3 is 0 Å². The van der Waals surface area contributed by atoms with Gasteiger partial charge in [-0.05, 0) is 62.8 Å². The number of fused-ring (bicyclic) bond motifs is 2. The fraction of sp³-hybridized carbons (Fsp3) is 0.435. The third kappa shape index (κ3) is 2.81. The molecule has 144 valence electrons. The van der Waals surface area contributed by atoms with Crippen molar-refractivity contribution in [2.75, 3.05) is 13.1 Å². The topological polar surface area (TPSA) is 61.9 Å². The lowest BCUT2D eigenvalue weighted by Crippen LogP contribution is -2.33. The van der Waals surface area contributed by atoms with Crippen LogP contribution in [0.15, 0.2) is 18.2 Å². The zero-order valence-corrected chi connectivity index (χ0v) is 16.8. The lowest BCUT2D eigenvalue weighted by molar-refractivity contribution is 0.0764. The molecular formula is C23H26N4O. The lowest BCUT2D eigenvalue weighted by Gasteiger charge is -2.22. The molecule has 5 heteroatoms. The summed E-state index contributed by atoms with van der Waals surface area (Å²) in [6.45, 7) is 7.63. The monoisotopic (exact) mass is 374 g/mol. The maximum absolute atomic E-state index is 13.5. The molecule has 1 fully saturated rings. The molecule has 2 aromatic heterocycles. The molecule has 5 nitrogen and oxygen atoms in total. The Morgan fingerprint density at radius 3 is 2.71 bits per heavy atom. The Morgan fingerprint density at radius 2 is 1.93 bits per heavy atom. The largest absolute Gasteiger partial charge is 0.338 e. The maximum atomic E-state index is 13.5. The summed E-state index contributed by atoms with van der Waals surface area (Å²) in [5, 5.41) is 8.76. The molecular weight excluding hydrogens is 348 g/mol. The highest BCUT2D eigenvalue weighted by atomic mass is 16.2. The minimum absolute atomic E-state index is 0.116. The Hall–Kier alpha value is -2.69. The second-order valence-corrected chi connectivity index (χ2v) is 8.35. The SMILES string of the molecule is Cc1cc(C(=O)N2CCc3[nH]nc(C4CC4)c3CC2)c2ccc(C)c(C)c2n1. The van der Waals surface area contributed by atoms with E-state index in [4.69, 9.17) is 4.98 Å². The number of nitrogens with zero attached hydrogens (tertiary/aromatic N) is 3. The second kappa shape index (κ2) is 6.43. The molecule has 0 atom stereocenters. The van der Waals surface area contributed by atoms with Crippen LogP contribution in [0.5, 0.6) is 0 Å².